The smallest absolute Gasteiger partial charge is 0.343 e. The van der Waals surface area contributed by atoms with Gasteiger partial charge in [0.15, 0.2) is 0 Å². The largest absolute Gasteiger partial charge is 0.494 e. The SMILES string of the molecule is C=CC(=O)OCCCCCCCCOc1ccc(C(=O)Oc2ccc(C3CCC(CCC)CC3)cc2)cc1. The van der Waals surface area contributed by atoms with Crippen molar-refractivity contribution >= 4 is 11.9 Å². The number of hydrogen-bond donors (Lipinski definition) is 0. The summed E-state index contributed by atoms with van der Waals surface area (Å²) in [6.45, 7) is 6.76. The normalized spacial score (nSPS) is 17.0. The second-order valence-electron chi connectivity index (χ2n) is 10.3. The predicted molar refractivity (Wildman–Crippen MR) is 152 cm³/mol. The molecule has 0 saturated heterocycles. The Morgan fingerprint density at radius 2 is 1.42 bits per heavy atom. The van der Waals surface area contributed by atoms with Crippen molar-refractivity contribution < 1.29 is 23.8 Å². The van der Waals surface area contributed by atoms with Gasteiger partial charge in [-0.25, -0.2) is 9.59 Å². The zero-order valence-electron chi connectivity index (χ0n) is 23.0. The topological polar surface area (TPSA) is 61.8 Å². The molecule has 1 aliphatic carbocycles. The molecule has 1 saturated carbocycles. The fourth-order valence-corrected chi connectivity index (χ4v) is 5.19. The molecule has 1 aliphatic rings. The van der Waals surface area contributed by atoms with Crippen molar-refractivity contribution in [2.24, 2.45) is 5.92 Å². The molecule has 0 N–H and O–H groups in total. The quantitative estimate of drug-likeness (QED) is 0.0962. The van der Waals surface area contributed by atoms with Crippen LogP contribution in [0.5, 0.6) is 11.5 Å². The van der Waals surface area contributed by atoms with Gasteiger partial charge in [0.2, 0.25) is 0 Å². The second-order valence-corrected chi connectivity index (χ2v) is 10.3. The number of carbonyl (C=O) groups excluding carboxylic acids is 2. The van der Waals surface area contributed by atoms with Gasteiger partial charge in [-0.05, 0) is 92.3 Å². The zero-order chi connectivity index (χ0) is 27.0. The molecule has 0 heterocycles. The van der Waals surface area contributed by atoms with Gasteiger partial charge in [0.25, 0.3) is 0 Å². The Bertz CT molecular complexity index is 971. The van der Waals surface area contributed by atoms with E-state index in [1.54, 1.807) is 12.1 Å². The van der Waals surface area contributed by atoms with Crippen LogP contribution >= 0.6 is 0 Å². The molecule has 0 spiro atoms. The van der Waals surface area contributed by atoms with Gasteiger partial charge < -0.3 is 14.2 Å². The minimum atomic E-state index is -0.358. The van der Waals surface area contributed by atoms with Gasteiger partial charge in [-0.1, -0.05) is 64.2 Å². The summed E-state index contributed by atoms with van der Waals surface area (Å²) < 4.78 is 16.4. The summed E-state index contributed by atoms with van der Waals surface area (Å²) in [6, 6.07) is 15.2. The molecule has 38 heavy (non-hydrogen) atoms. The van der Waals surface area contributed by atoms with Crippen LogP contribution in [0.15, 0.2) is 61.2 Å². The van der Waals surface area contributed by atoms with Crippen molar-refractivity contribution in [1.82, 2.24) is 0 Å². The van der Waals surface area contributed by atoms with E-state index in [2.05, 4.69) is 25.6 Å². The summed E-state index contributed by atoms with van der Waals surface area (Å²) in [4.78, 5) is 23.6. The first-order chi connectivity index (χ1) is 18.6. The third-order valence-corrected chi connectivity index (χ3v) is 7.41. The monoisotopic (exact) mass is 520 g/mol. The first-order valence-corrected chi connectivity index (χ1v) is 14.4. The summed E-state index contributed by atoms with van der Waals surface area (Å²) in [5.74, 6) is 2.15. The van der Waals surface area contributed by atoms with Crippen molar-refractivity contribution in [3.8, 4) is 11.5 Å². The molecule has 2 aromatic carbocycles. The molecule has 0 amide bonds. The van der Waals surface area contributed by atoms with Crippen LogP contribution in [0.25, 0.3) is 0 Å². The Morgan fingerprint density at radius 1 is 0.816 bits per heavy atom. The molecular formula is C33H44O5. The van der Waals surface area contributed by atoms with Crippen LogP contribution in [0.1, 0.15) is 106 Å². The summed E-state index contributed by atoms with van der Waals surface area (Å²) in [5.41, 5.74) is 1.86. The third-order valence-electron chi connectivity index (χ3n) is 7.41. The van der Waals surface area contributed by atoms with E-state index < -0.39 is 0 Å². The van der Waals surface area contributed by atoms with Gasteiger partial charge in [0, 0.05) is 6.08 Å². The summed E-state index contributed by atoms with van der Waals surface area (Å²) >= 11 is 0. The maximum absolute atomic E-state index is 12.6. The van der Waals surface area contributed by atoms with Crippen LogP contribution in [0.2, 0.25) is 0 Å². The first-order valence-electron chi connectivity index (χ1n) is 14.4. The van der Waals surface area contributed by atoms with Crippen LogP contribution in [0.3, 0.4) is 0 Å². The lowest BCUT2D eigenvalue weighted by molar-refractivity contribution is -0.137. The lowest BCUT2D eigenvalue weighted by Crippen LogP contribution is -2.13. The highest BCUT2D eigenvalue weighted by molar-refractivity contribution is 5.91. The molecule has 5 heteroatoms. The molecule has 3 rings (SSSR count). The number of unbranched alkanes of at least 4 members (excludes halogenated alkanes) is 5. The van der Waals surface area contributed by atoms with Gasteiger partial charge in [-0.2, -0.15) is 0 Å². The van der Waals surface area contributed by atoms with Crippen molar-refractivity contribution in [3.05, 3.63) is 72.3 Å². The Hall–Kier alpha value is -3.08. The highest BCUT2D eigenvalue weighted by Gasteiger charge is 2.22. The van der Waals surface area contributed by atoms with E-state index in [-0.39, 0.29) is 11.9 Å². The standard InChI is InChI=1S/C33H44O5/c1-3-11-26-12-14-27(15-13-26)28-16-22-31(23-17-28)38-33(35)29-18-20-30(21-19-29)36-24-9-7-5-6-8-10-25-37-32(34)4-2/h4,16-23,26-27H,2-3,5-15,24-25H2,1H3. The van der Waals surface area contributed by atoms with Gasteiger partial charge in [-0.15, -0.1) is 0 Å². The van der Waals surface area contributed by atoms with Crippen molar-refractivity contribution in [2.75, 3.05) is 13.2 Å². The average molecular weight is 521 g/mol. The first kappa shape index (κ1) is 29.5. The molecular weight excluding hydrogens is 476 g/mol. The van der Waals surface area contributed by atoms with E-state index in [1.807, 2.05) is 24.3 Å². The molecule has 0 aromatic heterocycles. The predicted octanol–water partition coefficient (Wildman–Crippen LogP) is 8.43. The van der Waals surface area contributed by atoms with Gasteiger partial charge in [-0.3, -0.25) is 0 Å². The molecule has 2 aromatic rings. The minimum absolute atomic E-state index is 0.355. The molecule has 0 atom stereocenters. The Labute approximate surface area is 228 Å². The van der Waals surface area contributed by atoms with Crippen LogP contribution in [0.4, 0.5) is 0 Å². The highest BCUT2D eigenvalue weighted by Crippen LogP contribution is 2.37. The lowest BCUT2D eigenvalue weighted by atomic mass is 9.77. The van der Waals surface area contributed by atoms with Crippen LogP contribution in [0, 0.1) is 5.92 Å². The number of esters is 2. The molecule has 0 radical (unpaired) electrons. The Morgan fingerprint density at radius 3 is 2.05 bits per heavy atom. The van der Waals surface area contributed by atoms with Crippen molar-refractivity contribution in [2.45, 2.75) is 89.9 Å². The van der Waals surface area contributed by atoms with E-state index >= 15 is 0 Å². The minimum Gasteiger partial charge on any atom is -0.494 e. The summed E-state index contributed by atoms with van der Waals surface area (Å²) in [6.07, 6.45) is 15.3. The van der Waals surface area contributed by atoms with Gasteiger partial charge in [0.05, 0.1) is 18.8 Å². The van der Waals surface area contributed by atoms with Crippen LogP contribution < -0.4 is 9.47 Å². The van der Waals surface area contributed by atoms with Gasteiger partial charge >= 0.3 is 11.9 Å². The molecule has 5 nitrogen and oxygen atoms in total. The van der Waals surface area contributed by atoms with Crippen LogP contribution in [-0.4, -0.2) is 25.2 Å². The number of rotatable bonds is 16. The van der Waals surface area contributed by atoms with E-state index in [0.29, 0.717) is 30.4 Å². The highest BCUT2D eigenvalue weighted by atomic mass is 16.5. The molecule has 0 aliphatic heterocycles. The molecule has 0 bridgehead atoms. The van der Waals surface area contributed by atoms with E-state index in [1.165, 1.54) is 50.2 Å². The number of benzene rings is 2. The number of hydrogen-bond acceptors (Lipinski definition) is 5. The molecule has 0 unspecified atom stereocenters. The van der Waals surface area contributed by atoms with Gasteiger partial charge in [0.1, 0.15) is 11.5 Å². The lowest BCUT2D eigenvalue weighted by Gasteiger charge is -2.28. The maximum atomic E-state index is 12.6. The van der Waals surface area contributed by atoms with Crippen molar-refractivity contribution in [3.63, 3.8) is 0 Å². The zero-order valence-corrected chi connectivity index (χ0v) is 23.0. The van der Waals surface area contributed by atoms with Crippen LogP contribution in [-0.2, 0) is 9.53 Å². The summed E-state index contributed by atoms with van der Waals surface area (Å²) in [7, 11) is 0. The fraction of sp³-hybridized carbons (Fsp3) is 0.515. The van der Waals surface area contributed by atoms with Crippen molar-refractivity contribution in [1.29, 1.82) is 0 Å². The van der Waals surface area contributed by atoms with E-state index in [9.17, 15) is 9.59 Å². The third kappa shape index (κ3) is 10.4. The molecule has 1 fully saturated rings. The number of carbonyl (C=O) groups is 2. The Kier molecular flexibility index (Phi) is 13.0. The average Bonchev–Trinajstić information content (AvgIpc) is 2.95. The molecule has 206 valence electrons. The number of ether oxygens (including phenoxy) is 3. The second kappa shape index (κ2) is 16.7. The maximum Gasteiger partial charge on any atom is 0.343 e. The Balaban J connectivity index is 1.30. The van der Waals surface area contributed by atoms with E-state index in [4.69, 9.17) is 14.2 Å². The summed E-state index contributed by atoms with van der Waals surface area (Å²) in [5, 5.41) is 0. The fourth-order valence-electron chi connectivity index (χ4n) is 5.19. The van der Waals surface area contributed by atoms with E-state index in [0.717, 1.165) is 50.2 Å².